The number of carbonyl (C=O) groups excluding carboxylic acids is 1. The summed E-state index contributed by atoms with van der Waals surface area (Å²) in [5.74, 6) is -0.777. The molecule has 28 heavy (non-hydrogen) atoms. The van der Waals surface area contributed by atoms with Crippen LogP contribution < -0.4 is 16.6 Å². The molecule has 1 aromatic carbocycles. The summed E-state index contributed by atoms with van der Waals surface area (Å²) in [5, 5.41) is 3.75. The maximum absolute atomic E-state index is 14.8. The number of H-pyrrole nitrogens is 1. The lowest BCUT2D eigenvalue weighted by atomic mass is 9.42. The molecule has 9 heteroatoms. The predicted molar refractivity (Wildman–Crippen MR) is 102 cm³/mol. The molecule has 1 aliphatic heterocycles. The second-order valence-electron chi connectivity index (χ2n) is 8.12. The zero-order chi connectivity index (χ0) is 19.8. The van der Waals surface area contributed by atoms with Crippen LogP contribution in [0.4, 0.5) is 10.1 Å². The molecule has 1 amide bonds. The first-order valence-electron chi connectivity index (χ1n) is 9.05. The van der Waals surface area contributed by atoms with Gasteiger partial charge in [0.15, 0.2) is 9.84 Å². The van der Waals surface area contributed by atoms with Crippen LogP contribution in [0.25, 0.3) is 10.9 Å². The molecule has 146 valence electrons. The highest BCUT2D eigenvalue weighted by atomic mass is 32.2. The standard InChI is InChI=1S/C19H18FN3O4S/c20-13-3-11-14(4-12(13)19-5-9(6-19)7-19)23-18(25)15(16(11)21)17(24)22-10-1-2-28(26,27)8-10/h1-4,9-10H,5-8H2,(H,22,24)(H3,21,23,25)/t9?,10-,19?/m1/s1. The zero-order valence-electron chi connectivity index (χ0n) is 14.8. The van der Waals surface area contributed by atoms with Gasteiger partial charge in [0, 0.05) is 10.8 Å². The van der Waals surface area contributed by atoms with E-state index in [1.165, 1.54) is 12.1 Å². The maximum Gasteiger partial charge on any atom is 0.263 e. The van der Waals surface area contributed by atoms with E-state index in [-0.39, 0.29) is 33.6 Å². The number of anilines is 1. The first-order chi connectivity index (χ1) is 13.2. The Hall–Kier alpha value is -2.68. The number of nitrogen functional groups attached to an aromatic ring is 1. The van der Waals surface area contributed by atoms with Gasteiger partial charge in [0.2, 0.25) is 0 Å². The fourth-order valence-electron chi connectivity index (χ4n) is 4.69. The smallest absolute Gasteiger partial charge is 0.263 e. The summed E-state index contributed by atoms with van der Waals surface area (Å²) < 4.78 is 37.7. The van der Waals surface area contributed by atoms with Crippen molar-refractivity contribution in [2.75, 3.05) is 11.5 Å². The Balaban J connectivity index is 1.53. The van der Waals surface area contributed by atoms with Crippen molar-refractivity contribution >= 4 is 32.3 Å². The number of sulfone groups is 1. The molecule has 4 aliphatic rings. The minimum absolute atomic E-state index is 0.120. The first-order valence-corrected chi connectivity index (χ1v) is 10.8. The van der Waals surface area contributed by atoms with Crippen LogP contribution >= 0.6 is 0 Å². The number of benzene rings is 1. The van der Waals surface area contributed by atoms with Crippen molar-refractivity contribution < 1.29 is 17.6 Å². The third-order valence-electron chi connectivity index (χ3n) is 6.23. The monoisotopic (exact) mass is 403 g/mol. The van der Waals surface area contributed by atoms with E-state index in [1.807, 2.05) is 0 Å². The van der Waals surface area contributed by atoms with Crippen LogP contribution in [-0.4, -0.2) is 31.1 Å². The molecule has 1 aromatic heterocycles. The van der Waals surface area contributed by atoms with Crippen LogP contribution in [-0.2, 0) is 15.3 Å². The fraction of sp³-hybridized carbons (Fsp3) is 0.368. The van der Waals surface area contributed by atoms with Crippen LogP contribution in [0.2, 0.25) is 0 Å². The van der Waals surface area contributed by atoms with E-state index in [0.29, 0.717) is 17.0 Å². The number of rotatable bonds is 3. The SMILES string of the molecule is Nc1c(C(=O)N[C@@H]2C=CS(=O)(=O)C2)c(=O)[nH]c2cc(C34CC(C3)C4)c(F)cc12. The average Bonchev–Trinajstić information content (AvgIpc) is 2.85. The minimum Gasteiger partial charge on any atom is -0.397 e. The van der Waals surface area contributed by atoms with E-state index >= 15 is 0 Å². The van der Waals surface area contributed by atoms with Gasteiger partial charge in [-0.05, 0) is 54.4 Å². The fourth-order valence-corrected chi connectivity index (χ4v) is 5.92. The molecule has 2 heterocycles. The average molecular weight is 403 g/mol. The molecule has 7 nitrogen and oxygen atoms in total. The molecule has 0 unspecified atom stereocenters. The van der Waals surface area contributed by atoms with Gasteiger partial charge >= 0.3 is 0 Å². The predicted octanol–water partition coefficient (Wildman–Crippen LogP) is 1.34. The van der Waals surface area contributed by atoms with E-state index < -0.39 is 27.3 Å². The maximum atomic E-state index is 14.8. The van der Waals surface area contributed by atoms with Crippen molar-refractivity contribution in [1.82, 2.24) is 10.3 Å². The quantitative estimate of drug-likeness (QED) is 0.714. The highest BCUT2D eigenvalue weighted by Gasteiger charge is 2.58. The van der Waals surface area contributed by atoms with Crippen molar-refractivity contribution in [3.05, 3.63) is 50.9 Å². The number of aromatic nitrogens is 1. The molecule has 4 N–H and O–H groups in total. The Bertz CT molecular complexity index is 1230. The lowest BCUT2D eigenvalue weighted by molar-refractivity contribution is -0.0299. The van der Waals surface area contributed by atoms with Crippen molar-refractivity contribution in [2.45, 2.75) is 30.7 Å². The Kier molecular flexibility index (Phi) is 3.38. The molecule has 0 saturated heterocycles. The summed E-state index contributed by atoms with van der Waals surface area (Å²) in [6, 6.07) is 2.16. The van der Waals surface area contributed by atoms with E-state index in [2.05, 4.69) is 10.3 Å². The number of amides is 1. The Labute approximate surface area is 159 Å². The molecule has 0 spiro atoms. The van der Waals surface area contributed by atoms with Crippen molar-refractivity contribution in [2.24, 2.45) is 5.92 Å². The molecule has 2 bridgehead atoms. The number of aromatic amines is 1. The summed E-state index contributed by atoms with van der Waals surface area (Å²) in [7, 11) is -3.36. The summed E-state index contributed by atoms with van der Waals surface area (Å²) >= 11 is 0. The minimum atomic E-state index is -3.36. The largest absolute Gasteiger partial charge is 0.397 e. The molecular formula is C19H18FN3O4S. The highest BCUT2D eigenvalue weighted by Crippen LogP contribution is 2.65. The topological polar surface area (TPSA) is 122 Å². The van der Waals surface area contributed by atoms with Gasteiger partial charge in [-0.1, -0.05) is 0 Å². The van der Waals surface area contributed by atoms with Crippen LogP contribution in [0.3, 0.4) is 0 Å². The van der Waals surface area contributed by atoms with E-state index in [1.54, 1.807) is 6.07 Å². The molecule has 0 radical (unpaired) electrons. The Morgan fingerprint density at radius 3 is 2.57 bits per heavy atom. The molecular weight excluding hydrogens is 385 g/mol. The summed E-state index contributed by atoms with van der Waals surface area (Å²) in [4.78, 5) is 27.7. The van der Waals surface area contributed by atoms with Crippen LogP contribution in [0.5, 0.6) is 0 Å². The number of carbonyl (C=O) groups is 1. The van der Waals surface area contributed by atoms with Crippen molar-refractivity contribution in [3.8, 4) is 0 Å². The molecule has 2 aromatic rings. The lowest BCUT2D eigenvalue weighted by Gasteiger charge is -2.62. The summed E-state index contributed by atoms with van der Waals surface area (Å²) in [5.41, 5.74) is 5.76. The summed E-state index contributed by atoms with van der Waals surface area (Å²) in [6.45, 7) is 0. The third kappa shape index (κ3) is 2.42. The van der Waals surface area contributed by atoms with Gasteiger partial charge in [0.1, 0.15) is 11.4 Å². The van der Waals surface area contributed by atoms with Gasteiger partial charge in [-0.15, -0.1) is 0 Å². The van der Waals surface area contributed by atoms with Crippen LogP contribution in [0, 0.1) is 11.7 Å². The van der Waals surface area contributed by atoms with Crippen LogP contribution in [0.15, 0.2) is 28.4 Å². The number of nitrogens with two attached hydrogens (primary N) is 1. The number of nitrogens with one attached hydrogen (secondary N) is 2. The van der Waals surface area contributed by atoms with Crippen molar-refractivity contribution in [1.29, 1.82) is 0 Å². The second kappa shape index (κ2) is 5.44. The van der Waals surface area contributed by atoms with Gasteiger partial charge in [-0.25, -0.2) is 12.8 Å². The van der Waals surface area contributed by atoms with Crippen molar-refractivity contribution in [3.63, 3.8) is 0 Å². The Morgan fingerprint density at radius 2 is 2.00 bits per heavy atom. The second-order valence-corrected chi connectivity index (χ2v) is 10.0. The Morgan fingerprint density at radius 1 is 1.29 bits per heavy atom. The third-order valence-corrected chi connectivity index (χ3v) is 7.62. The lowest BCUT2D eigenvalue weighted by Crippen LogP contribution is -2.55. The number of hydrogen-bond donors (Lipinski definition) is 3. The first kappa shape index (κ1) is 17.4. The number of hydrogen-bond acceptors (Lipinski definition) is 5. The van der Waals surface area contributed by atoms with Crippen LogP contribution in [0.1, 0.15) is 35.2 Å². The number of pyridine rings is 1. The zero-order valence-corrected chi connectivity index (χ0v) is 15.6. The molecule has 3 aliphatic carbocycles. The molecule has 1 atom stereocenters. The number of halogens is 1. The molecule has 3 saturated carbocycles. The van der Waals surface area contributed by atoms with Gasteiger partial charge < -0.3 is 16.0 Å². The van der Waals surface area contributed by atoms with Gasteiger partial charge in [0.05, 0.1) is 23.0 Å². The molecule has 6 rings (SSSR count). The molecule has 3 fully saturated rings. The van der Waals surface area contributed by atoms with Gasteiger partial charge in [-0.2, -0.15) is 0 Å². The van der Waals surface area contributed by atoms with E-state index in [9.17, 15) is 22.4 Å². The normalized spacial score (nSPS) is 29.3. The van der Waals surface area contributed by atoms with E-state index in [4.69, 9.17) is 5.73 Å². The van der Waals surface area contributed by atoms with Gasteiger partial charge in [0.25, 0.3) is 11.5 Å². The van der Waals surface area contributed by atoms with E-state index in [0.717, 1.165) is 24.7 Å². The summed E-state index contributed by atoms with van der Waals surface area (Å²) in [6.07, 6.45) is 4.24. The highest BCUT2D eigenvalue weighted by molar-refractivity contribution is 7.94. The number of fused-ring (bicyclic) bond motifs is 1. The van der Waals surface area contributed by atoms with Gasteiger partial charge in [-0.3, -0.25) is 9.59 Å².